The van der Waals surface area contributed by atoms with Gasteiger partial charge in [0, 0.05) is 51.5 Å². The zero-order valence-corrected chi connectivity index (χ0v) is 16.3. The van der Waals surface area contributed by atoms with E-state index < -0.39 is 5.82 Å². The normalized spacial score (nSPS) is 17.5. The molecule has 3 heterocycles. The van der Waals surface area contributed by atoms with Gasteiger partial charge in [-0.1, -0.05) is 0 Å². The van der Waals surface area contributed by atoms with E-state index in [1.54, 1.807) is 11.2 Å². The van der Waals surface area contributed by atoms with Crippen LogP contribution in [-0.2, 0) is 0 Å². The van der Waals surface area contributed by atoms with Gasteiger partial charge in [-0.25, -0.2) is 14.4 Å². The highest BCUT2D eigenvalue weighted by Gasteiger charge is 2.37. The van der Waals surface area contributed by atoms with Crippen molar-refractivity contribution in [1.82, 2.24) is 19.9 Å². The number of pyridine rings is 1. The number of piperidine rings is 1. The molecule has 0 unspecified atom stereocenters. The van der Waals surface area contributed by atoms with Crippen molar-refractivity contribution in [2.24, 2.45) is 0 Å². The van der Waals surface area contributed by atoms with Gasteiger partial charge in [-0.15, -0.1) is 0 Å². The molecule has 1 aliphatic carbocycles. The van der Waals surface area contributed by atoms with Gasteiger partial charge in [-0.3, -0.25) is 9.78 Å². The van der Waals surface area contributed by atoms with E-state index >= 15 is 0 Å². The standard InChI is InChI=1S/C20H25FN6O/c1-25(2)18-10-19(24-13-23-18)27(16-3-4-16)17-5-7-26(8-6-17)20(28)14-9-15(21)12-22-11-14/h9-13,16-17H,3-8H2,1-2H3. The summed E-state index contributed by atoms with van der Waals surface area (Å²) in [6, 6.07) is 4.15. The van der Waals surface area contributed by atoms with Crippen LogP contribution >= 0.6 is 0 Å². The van der Waals surface area contributed by atoms with Crippen LogP contribution < -0.4 is 9.80 Å². The predicted octanol–water partition coefficient (Wildman–Crippen LogP) is 2.35. The molecule has 1 aliphatic heterocycles. The first kappa shape index (κ1) is 18.6. The molecule has 0 spiro atoms. The molecule has 0 radical (unpaired) electrons. The van der Waals surface area contributed by atoms with Crippen LogP contribution in [0.25, 0.3) is 0 Å². The number of hydrogen-bond acceptors (Lipinski definition) is 6. The summed E-state index contributed by atoms with van der Waals surface area (Å²) in [4.78, 5) is 31.5. The molecule has 0 aromatic carbocycles. The predicted molar refractivity (Wildman–Crippen MR) is 105 cm³/mol. The van der Waals surface area contributed by atoms with Crippen molar-refractivity contribution in [2.45, 2.75) is 37.8 Å². The Morgan fingerprint density at radius 1 is 1.04 bits per heavy atom. The van der Waals surface area contributed by atoms with E-state index in [1.807, 2.05) is 25.1 Å². The number of rotatable bonds is 5. The zero-order valence-electron chi connectivity index (χ0n) is 16.3. The van der Waals surface area contributed by atoms with E-state index in [9.17, 15) is 9.18 Å². The molecule has 1 saturated carbocycles. The van der Waals surface area contributed by atoms with Gasteiger partial charge in [0.15, 0.2) is 0 Å². The topological polar surface area (TPSA) is 65.5 Å². The number of nitrogens with zero attached hydrogens (tertiary/aromatic N) is 6. The number of halogens is 1. The quantitative estimate of drug-likeness (QED) is 0.789. The Kier molecular flexibility index (Phi) is 5.11. The van der Waals surface area contributed by atoms with Crippen molar-refractivity contribution in [3.8, 4) is 0 Å². The van der Waals surface area contributed by atoms with Crippen LogP contribution in [0.1, 0.15) is 36.0 Å². The molecule has 0 bridgehead atoms. The number of likely N-dealkylation sites (tertiary alicyclic amines) is 1. The van der Waals surface area contributed by atoms with Crippen LogP contribution in [0, 0.1) is 5.82 Å². The molecule has 8 heteroatoms. The van der Waals surface area contributed by atoms with Gasteiger partial charge < -0.3 is 14.7 Å². The van der Waals surface area contributed by atoms with Crippen molar-refractivity contribution < 1.29 is 9.18 Å². The van der Waals surface area contributed by atoms with Crippen LogP contribution in [0.4, 0.5) is 16.0 Å². The van der Waals surface area contributed by atoms with Gasteiger partial charge in [-0.05, 0) is 31.7 Å². The summed E-state index contributed by atoms with van der Waals surface area (Å²) < 4.78 is 13.4. The number of carbonyl (C=O) groups is 1. The van der Waals surface area contributed by atoms with Crippen LogP contribution in [0.2, 0.25) is 0 Å². The van der Waals surface area contributed by atoms with E-state index in [1.165, 1.54) is 25.1 Å². The number of aromatic nitrogens is 3. The van der Waals surface area contributed by atoms with Gasteiger partial charge in [0.05, 0.1) is 11.8 Å². The molecule has 4 rings (SSSR count). The largest absolute Gasteiger partial charge is 0.363 e. The summed E-state index contributed by atoms with van der Waals surface area (Å²) in [6.45, 7) is 1.30. The van der Waals surface area contributed by atoms with Crippen molar-refractivity contribution in [1.29, 1.82) is 0 Å². The Balaban J connectivity index is 1.45. The van der Waals surface area contributed by atoms with Crippen LogP contribution in [0.3, 0.4) is 0 Å². The average molecular weight is 384 g/mol. The number of anilines is 2. The third kappa shape index (κ3) is 3.90. The lowest BCUT2D eigenvalue weighted by Crippen LogP contribution is -2.48. The molecule has 7 nitrogen and oxygen atoms in total. The Hall–Kier alpha value is -2.77. The third-order valence-corrected chi connectivity index (χ3v) is 5.40. The summed E-state index contributed by atoms with van der Waals surface area (Å²) in [5, 5.41) is 0. The second kappa shape index (κ2) is 7.69. The molecule has 28 heavy (non-hydrogen) atoms. The van der Waals surface area contributed by atoms with Crippen molar-refractivity contribution >= 4 is 17.5 Å². The molecule has 1 amide bonds. The molecule has 0 atom stereocenters. The van der Waals surface area contributed by atoms with Gasteiger partial charge in [-0.2, -0.15) is 0 Å². The highest BCUT2D eigenvalue weighted by molar-refractivity contribution is 5.94. The first-order valence-corrected chi connectivity index (χ1v) is 9.70. The molecule has 2 aromatic rings. The Bertz CT molecular complexity index is 848. The van der Waals surface area contributed by atoms with Gasteiger partial charge >= 0.3 is 0 Å². The van der Waals surface area contributed by atoms with Crippen molar-refractivity contribution in [3.63, 3.8) is 0 Å². The molecule has 2 aliphatic rings. The molecule has 1 saturated heterocycles. The Morgan fingerprint density at radius 3 is 2.36 bits per heavy atom. The third-order valence-electron chi connectivity index (χ3n) is 5.40. The minimum atomic E-state index is -0.485. The second-order valence-electron chi connectivity index (χ2n) is 7.68. The molecule has 2 aromatic heterocycles. The Labute approximate surface area is 164 Å². The fraction of sp³-hybridized carbons (Fsp3) is 0.500. The van der Waals surface area contributed by atoms with Gasteiger partial charge in [0.1, 0.15) is 23.8 Å². The molecular formula is C20H25FN6O. The molecule has 2 fully saturated rings. The maximum absolute atomic E-state index is 13.4. The smallest absolute Gasteiger partial charge is 0.255 e. The number of carbonyl (C=O) groups excluding carboxylic acids is 1. The minimum Gasteiger partial charge on any atom is -0.363 e. The van der Waals surface area contributed by atoms with E-state index in [4.69, 9.17) is 0 Å². The maximum Gasteiger partial charge on any atom is 0.255 e. The molecule has 0 N–H and O–H groups in total. The van der Waals surface area contributed by atoms with Crippen molar-refractivity contribution in [3.05, 3.63) is 42.2 Å². The number of amides is 1. The monoisotopic (exact) mass is 384 g/mol. The van der Waals surface area contributed by atoms with E-state index in [0.29, 0.717) is 30.7 Å². The lowest BCUT2D eigenvalue weighted by Gasteiger charge is -2.39. The van der Waals surface area contributed by atoms with E-state index in [0.717, 1.165) is 30.7 Å². The maximum atomic E-state index is 13.4. The lowest BCUT2D eigenvalue weighted by atomic mass is 10.0. The zero-order chi connectivity index (χ0) is 19.7. The van der Waals surface area contributed by atoms with Gasteiger partial charge in [0.25, 0.3) is 5.91 Å². The summed E-state index contributed by atoms with van der Waals surface area (Å²) >= 11 is 0. The summed E-state index contributed by atoms with van der Waals surface area (Å²) in [5.41, 5.74) is 0.309. The number of hydrogen-bond donors (Lipinski definition) is 0. The fourth-order valence-electron chi connectivity index (χ4n) is 3.81. The summed E-state index contributed by atoms with van der Waals surface area (Å²) in [7, 11) is 3.94. The SMILES string of the molecule is CN(C)c1cc(N(C2CC2)C2CCN(C(=O)c3cncc(F)c3)CC2)ncn1. The fourth-order valence-corrected chi connectivity index (χ4v) is 3.81. The van der Waals surface area contributed by atoms with Gasteiger partial charge in [0.2, 0.25) is 0 Å². The molecular weight excluding hydrogens is 359 g/mol. The van der Waals surface area contributed by atoms with Crippen LogP contribution in [0.5, 0.6) is 0 Å². The Morgan fingerprint density at radius 2 is 1.71 bits per heavy atom. The summed E-state index contributed by atoms with van der Waals surface area (Å²) in [6.07, 6.45) is 8.25. The van der Waals surface area contributed by atoms with E-state index in [2.05, 4.69) is 19.9 Å². The first-order chi connectivity index (χ1) is 13.5. The van der Waals surface area contributed by atoms with Crippen LogP contribution in [0.15, 0.2) is 30.9 Å². The minimum absolute atomic E-state index is 0.152. The lowest BCUT2D eigenvalue weighted by molar-refractivity contribution is 0.0711. The summed E-state index contributed by atoms with van der Waals surface area (Å²) in [5.74, 6) is 1.21. The average Bonchev–Trinajstić information content (AvgIpc) is 3.53. The van der Waals surface area contributed by atoms with E-state index in [-0.39, 0.29) is 5.91 Å². The highest BCUT2D eigenvalue weighted by Crippen LogP contribution is 2.36. The first-order valence-electron chi connectivity index (χ1n) is 9.70. The second-order valence-corrected chi connectivity index (χ2v) is 7.68. The van der Waals surface area contributed by atoms with Crippen LogP contribution in [-0.4, -0.2) is 65.0 Å². The van der Waals surface area contributed by atoms with Crippen molar-refractivity contribution in [2.75, 3.05) is 37.0 Å². The molecule has 148 valence electrons. The highest BCUT2D eigenvalue weighted by atomic mass is 19.1.